The lowest BCUT2D eigenvalue weighted by Crippen LogP contribution is -2.54. The first kappa shape index (κ1) is 24.7. The van der Waals surface area contributed by atoms with E-state index in [2.05, 4.69) is 5.32 Å². The number of carbonyl (C=O) groups is 2. The summed E-state index contributed by atoms with van der Waals surface area (Å²) in [4.78, 5) is 25.9. The second kappa shape index (κ2) is 10.4. The molecule has 12 heteroatoms. The molecule has 2 heterocycles. The standard InChI is InChI=1S/C23H23N3O7S2/c1-32-17-7-9-18(10-8-17)35(30,31)26-14-16-11-12-34-21(16)20(19(26)22(27)25-29)33-23(28)24-13-15-5-3-2-4-6-15/h2-12,19-20,29H,13-14H2,1H3,(H,24,28)(H,25,27)/t19-,20-/m1/s1. The second-order valence-electron chi connectivity index (χ2n) is 7.62. The van der Waals surface area contributed by atoms with Crippen molar-refractivity contribution < 1.29 is 32.7 Å². The smallest absolute Gasteiger partial charge is 0.408 e. The largest absolute Gasteiger partial charge is 0.497 e. The molecule has 0 radical (unpaired) electrons. The molecule has 2 aromatic carbocycles. The van der Waals surface area contributed by atoms with Gasteiger partial charge in [0.25, 0.3) is 5.91 Å². The van der Waals surface area contributed by atoms with Crippen molar-refractivity contribution in [1.29, 1.82) is 0 Å². The van der Waals surface area contributed by atoms with E-state index in [-0.39, 0.29) is 18.0 Å². The molecule has 0 spiro atoms. The lowest BCUT2D eigenvalue weighted by atomic mass is 10.0. The fourth-order valence-electron chi connectivity index (χ4n) is 3.79. The highest BCUT2D eigenvalue weighted by Crippen LogP contribution is 2.40. The Bertz CT molecular complexity index is 1290. The molecule has 0 saturated carbocycles. The molecular formula is C23H23N3O7S2. The number of rotatable bonds is 7. The van der Waals surface area contributed by atoms with E-state index >= 15 is 0 Å². The summed E-state index contributed by atoms with van der Waals surface area (Å²) in [5, 5.41) is 13.8. The molecule has 3 aromatic rings. The van der Waals surface area contributed by atoms with Crippen molar-refractivity contribution in [2.45, 2.75) is 30.1 Å². The molecule has 2 atom stereocenters. The molecule has 1 aliphatic rings. The number of fused-ring (bicyclic) bond motifs is 1. The van der Waals surface area contributed by atoms with Crippen molar-refractivity contribution in [1.82, 2.24) is 15.1 Å². The van der Waals surface area contributed by atoms with Gasteiger partial charge in [0, 0.05) is 13.1 Å². The SMILES string of the molecule is COc1ccc(S(=O)(=O)N2Cc3ccsc3[C@H](OC(=O)NCc3ccccc3)[C@@H]2C(=O)NO)cc1. The summed E-state index contributed by atoms with van der Waals surface area (Å²) < 4.78 is 38.7. The van der Waals surface area contributed by atoms with Gasteiger partial charge >= 0.3 is 6.09 Å². The number of amides is 2. The lowest BCUT2D eigenvalue weighted by molar-refractivity contribution is -0.137. The Morgan fingerprint density at radius 2 is 1.83 bits per heavy atom. The summed E-state index contributed by atoms with van der Waals surface area (Å²) in [6.45, 7) is 0.0329. The van der Waals surface area contributed by atoms with Crippen molar-refractivity contribution in [3.8, 4) is 5.75 Å². The minimum absolute atomic E-state index is 0.0833. The van der Waals surface area contributed by atoms with Crippen LogP contribution in [0, 0.1) is 0 Å². The molecule has 0 saturated heterocycles. The maximum atomic E-state index is 13.6. The highest BCUT2D eigenvalue weighted by molar-refractivity contribution is 7.89. The Labute approximate surface area is 206 Å². The van der Waals surface area contributed by atoms with Crippen LogP contribution >= 0.6 is 11.3 Å². The average molecular weight is 518 g/mol. The number of hydroxylamine groups is 1. The zero-order valence-electron chi connectivity index (χ0n) is 18.6. The number of nitrogens with one attached hydrogen (secondary N) is 2. The van der Waals surface area contributed by atoms with Crippen molar-refractivity contribution in [2.24, 2.45) is 0 Å². The molecular weight excluding hydrogens is 494 g/mol. The van der Waals surface area contributed by atoms with Crippen molar-refractivity contribution in [3.05, 3.63) is 82.0 Å². The minimum Gasteiger partial charge on any atom is -0.497 e. The summed E-state index contributed by atoms with van der Waals surface area (Å²) in [5.74, 6) is -0.564. The highest BCUT2D eigenvalue weighted by Gasteiger charge is 2.48. The number of hydrogen-bond donors (Lipinski definition) is 3. The van der Waals surface area contributed by atoms with Crippen molar-refractivity contribution in [3.63, 3.8) is 0 Å². The predicted octanol–water partition coefficient (Wildman–Crippen LogP) is 2.80. The third-order valence-corrected chi connectivity index (χ3v) is 8.38. The quantitative estimate of drug-likeness (QED) is 0.324. The molecule has 0 aliphatic carbocycles. The highest BCUT2D eigenvalue weighted by atomic mass is 32.2. The molecule has 1 aliphatic heterocycles. The molecule has 184 valence electrons. The Morgan fingerprint density at radius 1 is 1.11 bits per heavy atom. The monoisotopic (exact) mass is 517 g/mol. The number of thiophene rings is 1. The normalized spacial score (nSPS) is 17.8. The van der Waals surface area contributed by atoms with Gasteiger partial charge in [-0.05, 0) is 46.8 Å². The van der Waals surface area contributed by atoms with Crippen LogP contribution in [-0.2, 0) is 32.6 Å². The Morgan fingerprint density at radius 3 is 2.49 bits per heavy atom. The van der Waals surface area contributed by atoms with Gasteiger partial charge in [-0.25, -0.2) is 18.7 Å². The summed E-state index contributed by atoms with van der Waals surface area (Å²) in [6, 6.07) is 15.0. The minimum atomic E-state index is -4.24. The zero-order valence-corrected chi connectivity index (χ0v) is 20.2. The summed E-state index contributed by atoms with van der Waals surface area (Å²) in [5.41, 5.74) is 2.94. The molecule has 1 aromatic heterocycles. The number of methoxy groups -OCH3 is 1. The summed E-state index contributed by atoms with van der Waals surface area (Å²) >= 11 is 1.23. The van der Waals surface area contributed by atoms with Crippen LogP contribution in [0.2, 0.25) is 0 Å². The van der Waals surface area contributed by atoms with Crippen LogP contribution in [0.15, 0.2) is 70.9 Å². The Balaban J connectivity index is 1.65. The number of alkyl carbamates (subject to hydrolysis) is 1. The van der Waals surface area contributed by atoms with Gasteiger partial charge in [0.05, 0.1) is 16.9 Å². The number of nitrogens with zero attached hydrogens (tertiary/aromatic N) is 1. The van der Waals surface area contributed by atoms with Gasteiger partial charge in [-0.3, -0.25) is 10.0 Å². The lowest BCUT2D eigenvalue weighted by Gasteiger charge is -2.38. The van der Waals surface area contributed by atoms with E-state index in [1.54, 1.807) is 11.4 Å². The molecule has 10 nitrogen and oxygen atoms in total. The van der Waals surface area contributed by atoms with Gasteiger partial charge in [0.15, 0.2) is 6.10 Å². The van der Waals surface area contributed by atoms with E-state index < -0.39 is 34.2 Å². The Kier molecular flexibility index (Phi) is 7.36. The maximum absolute atomic E-state index is 13.6. The number of benzene rings is 2. The Hall–Kier alpha value is -3.45. The molecule has 4 rings (SSSR count). The van der Waals surface area contributed by atoms with E-state index in [4.69, 9.17) is 9.47 Å². The van der Waals surface area contributed by atoms with Crippen LogP contribution in [0.1, 0.15) is 22.1 Å². The van der Waals surface area contributed by atoms with E-state index in [0.717, 1.165) is 9.87 Å². The fraction of sp³-hybridized carbons (Fsp3) is 0.217. The number of ether oxygens (including phenoxy) is 2. The van der Waals surface area contributed by atoms with E-state index in [1.807, 2.05) is 30.3 Å². The first-order valence-corrected chi connectivity index (χ1v) is 12.8. The van der Waals surface area contributed by atoms with Crippen LogP contribution < -0.4 is 15.5 Å². The second-order valence-corrected chi connectivity index (χ2v) is 10.5. The summed E-state index contributed by atoms with van der Waals surface area (Å²) in [7, 11) is -2.78. The molecule has 0 bridgehead atoms. The molecule has 2 amide bonds. The molecule has 35 heavy (non-hydrogen) atoms. The van der Waals surface area contributed by atoms with Crippen LogP contribution in [0.4, 0.5) is 4.79 Å². The first-order valence-electron chi connectivity index (χ1n) is 10.5. The zero-order chi connectivity index (χ0) is 25.0. The van der Waals surface area contributed by atoms with E-state index in [0.29, 0.717) is 16.2 Å². The van der Waals surface area contributed by atoms with Crippen molar-refractivity contribution in [2.75, 3.05) is 7.11 Å². The van der Waals surface area contributed by atoms with E-state index in [9.17, 15) is 23.2 Å². The van der Waals surface area contributed by atoms with Gasteiger partial charge in [-0.2, -0.15) is 4.31 Å². The van der Waals surface area contributed by atoms with Gasteiger partial charge < -0.3 is 14.8 Å². The summed E-state index contributed by atoms with van der Waals surface area (Å²) in [6.07, 6.45) is -2.12. The number of carbonyl (C=O) groups excluding carboxylic acids is 2. The topological polar surface area (TPSA) is 134 Å². The van der Waals surface area contributed by atoms with Crippen LogP contribution in [0.5, 0.6) is 5.75 Å². The third kappa shape index (κ3) is 5.15. The van der Waals surface area contributed by atoms with Crippen LogP contribution in [0.25, 0.3) is 0 Å². The van der Waals surface area contributed by atoms with Gasteiger partial charge in [0.1, 0.15) is 11.8 Å². The number of hydrogen-bond acceptors (Lipinski definition) is 8. The van der Waals surface area contributed by atoms with Gasteiger partial charge in [-0.15, -0.1) is 11.3 Å². The van der Waals surface area contributed by atoms with Gasteiger partial charge in [-0.1, -0.05) is 30.3 Å². The number of sulfonamides is 1. The third-order valence-electron chi connectivity index (χ3n) is 5.52. The maximum Gasteiger partial charge on any atom is 0.408 e. The average Bonchev–Trinajstić information content (AvgIpc) is 3.36. The molecule has 0 fully saturated rings. The van der Waals surface area contributed by atoms with Crippen LogP contribution in [0.3, 0.4) is 0 Å². The molecule has 0 unspecified atom stereocenters. The van der Waals surface area contributed by atoms with E-state index in [1.165, 1.54) is 48.2 Å². The first-order chi connectivity index (χ1) is 16.8. The van der Waals surface area contributed by atoms with Crippen LogP contribution in [-0.4, -0.2) is 43.1 Å². The fourth-order valence-corrected chi connectivity index (χ4v) is 6.32. The molecule has 3 N–H and O–H groups in total. The predicted molar refractivity (Wildman–Crippen MR) is 126 cm³/mol. The van der Waals surface area contributed by atoms with Crippen molar-refractivity contribution >= 4 is 33.4 Å². The van der Waals surface area contributed by atoms with Gasteiger partial charge in [0.2, 0.25) is 10.0 Å².